The molecule has 32 heavy (non-hydrogen) atoms. The highest BCUT2D eigenvalue weighted by Crippen LogP contribution is 2.44. The minimum atomic E-state index is -1.72. The van der Waals surface area contributed by atoms with Gasteiger partial charge >= 0.3 is 5.69 Å². The molecule has 0 amide bonds. The van der Waals surface area contributed by atoms with Crippen molar-refractivity contribution in [1.82, 2.24) is 9.55 Å². The summed E-state index contributed by atoms with van der Waals surface area (Å²) in [5, 5.41) is 0. The lowest BCUT2D eigenvalue weighted by Crippen LogP contribution is -2.49. The van der Waals surface area contributed by atoms with E-state index in [1.54, 1.807) is 0 Å². The van der Waals surface area contributed by atoms with E-state index in [1.165, 1.54) is 16.8 Å². The van der Waals surface area contributed by atoms with Gasteiger partial charge in [0.15, 0.2) is 6.23 Å². The van der Waals surface area contributed by atoms with Crippen LogP contribution in [0.2, 0.25) is 19.6 Å². The van der Waals surface area contributed by atoms with Crippen LogP contribution in [0.1, 0.15) is 45.8 Å². The van der Waals surface area contributed by atoms with Crippen molar-refractivity contribution in [3.63, 3.8) is 0 Å². The Balaban J connectivity index is 2.52. The number of halogens is 1. The van der Waals surface area contributed by atoms with Crippen LogP contribution in [-0.2, 0) is 14.2 Å². The molecule has 2 heterocycles. The average molecular weight is 485 g/mol. The first-order valence-corrected chi connectivity index (χ1v) is 15.5. The lowest BCUT2D eigenvalue weighted by atomic mass is 9.91. The molecular weight excluding hydrogens is 448 g/mol. The van der Waals surface area contributed by atoms with Gasteiger partial charge in [0, 0.05) is 25.5 Å². The number of aromatic amines is 1. The van der Waals surface area contributed by atoms with Gasteiger partial charge in [-0.05, 0) is 12.8 Å². The summed E-state index contributed by atoms with van der Waals surface area (Å²) in [7, 11) is -1.72. The highest BCUT2D eigenvalue weighted by atomic mass is 35.5. The number of unbranched alkanes of at least 4 members (excludes halogenated alkanes) is 2. The second-order valence-electron chi connectivity index (χ2n) is 9.32. The third-order valence-electron chi connectivity index (χ3n) is 5.26. The molecule has 7 nitrogen and oxygen atoms in total. The molecular formula is C23H37ClN2O5Si. The summed E-state index contributed by atoms with van der Waals surface area (Å²) in [5.41, 5.74) is 1.44. The van der Waals surface area contributed by atoms with Crippen molar-refractivity contribution < 1.29 is 14.2 Å². The molecule has 1 aromatic heterocycles. The molecule has 0 spiro atoms. The highest BCUT2D eigenvalue weighted by Gasteiger charge is 2.56. The second kappa shape index (κ2) is 12.2. The Morgan fingerprint density at radius 2 is 1.91 bits per heavy atom. The topological polar surface area (TPSA) is 82.5 Å². The van der Waals surface area contributed by atoms with E-state index >= 15 is 0 Å². The Morgan fingerprint density at radius 1 is 1.22 bits per heavy atom. The molecule has 1 fully saturated rings. The Bertz CT molecular complexity index is 900. The summed E-state index contributed by atoms with van der Waals surface area (Å²) in [4.78, 5) is 26.6. The monoisotopic (exact) mass is 484 g/mol. The maximum absolute atomic E-state index is 12.6. The number of rotatable bonds is 11. The molecule has 0 aromatic carbocycles. The van der Waals surface area contributed by atoms with Gasteiger partial charge in [-0.1, -0.05) is 52.3 Å². The minimum Gasteiger partial charge on any atom is -0.378 e. The Kier molecular flexibility index (Phi) is 10.2. The normalized spacial score (nSPS) is 25.5. The first kappa shape index (κ1) is 26.9. The maximum atomic E-state index is 12.6. The third kappa shape index (κ3) is 7.06. The van der Waals surface area contributed by atoms with Gasteiger partial charge in [0.05, 0.1) is 18.4 Å². The van der Waals surface area contributed by atoms with Crippen LogP contribution >= 0.6 is 11.6 Å². The standard InChI is InChI=1S/C23H37ClN2O5Si/c1-6-8-13-29-17-23(16-24)20(30-14-9-7-2)18(11-15-32(3,4)5)21(31-23)26-12-10-19(27)25-22(26)28/h10,12,18,20-21H,6-9,13-14,16-17H2,1-5H3,(H,25,27,28)/t18-,20-,21+,23+/m0/s1. The molecule has 4 atom stereocenters. The quantitative estimate of drug-likeness (QED) is 0.225. The predicted octanol–water partition coefficient (Wildman–Crippen LogP) is 3.54. The minimum absolute atomic E-state index is 0.135. The van der Waals surface area contributed by atoms with E-state index in [4.69, 9.17) is 25.8 Å². The summed E-state index contributed by atoms with van der Waals surface area (Å²) in [6, 6.07) is 1.30. The average Bonchev–Trinajstić information content (AvgIpc) is 3.03. The molecule has 0 bridgehead atoms. The van der Waals surface area contributed by atoms with Crippen LogP contribution in [0.15, 0.2) is 21.9 Å². The Morgan fingerprint density at radius 3 is 2.50 bits per heavy atom. The van der Waals surface area contributed by atoms with Gasteiger partial charge in [0.1, 0.15) is 19.8 Å². The number of hydrogen-bond acceptors (Lipinski definition) is 5. The molecule has 1 aliphatic rings. The van der Waals surface area contributed by atoms with Crippen molar-refractivity contribution in [2.75, 3.05) is 25.7 Å². The molecule has 2 rings (SSSR count). The maximum Gasteiger partial charge on any atom is 0.330 e. The van der Waals surface area contributed by atoms with Crippen molar-refractivity contribution >= 4 is 19.7 Å². The number of nitrogens with one attached hydrogen (secondary N) is 1. The molecule has 1 aromatic rings. The SMILES string of the molecule is CCCCOC[C@@]1(CCl)O[C@@H](n2ccc(=O)[nH]c2=O)[C@@H](C#C[Si](C)(C)C)[C@@H]1OCCCC. The molecule has 1 N–H and O–H groups in total. The number of ether oxygens (including phenoxy) is 3. The van der Waals surface area contributed by atoms with Crippen LogP contribution in [0.3, 0.4) is 0 Å². The van der Waals surface area contributed by atoms with E-state index in [1.807, 2.05) is 0 Å². The summed E-state index contributed by atoms with van der Waals surface area (Å²) < 4.78 is 20.1. The van der Waals surface area contributed by atoms with E-state index in [0.29, 0.717) is 13.2 Å². The van der Waals surface area contributed by atoms with Crippen molar-refractivity contribution in [1.29, 1.82) is 0 Å². The second-order valence-corrected chi connectivity index (χ2v) is 14.3. The summed E-state index contributed by atoms with van der Waals surface area (Å²) in [6.07, 6.45) is 4.06. The summed E-state index contributed by atoms with van der Waals surface area (Å²) in [5.74, 6) is 3.08. The number of alkyl halides is 1. The lowest BCUT2D eigenvalue weighted by molar-refractivity contribution is -0.140. The zero-order chi connectivity index (χ0) is 23.8. The smallest absolute Gasteiger partial charge is 0.330 e. The van der Waals surface area contributed by atoms with Crippen LogP contribution in [0.5, 0.6) is 0 Å². The summed E-state index contributed by atoms with van der Waals surface area (Å²) in [6.45, 7) is 12.1. The fraction of sp³-hybridized carbons (Fsp3) is 0.739. The number of H-pyrrole nitrogens is 1. The van der Waals surface area contributed by atoms with Gasteiger partial charge in [-0.25, -0.2) is 4.79 Å². The number of nitrogens with zero attached hydrogens (tertiary/aromatic N) is 1. The number of aromatic nitrogens is 2. The van der Waals surface area contributed by atoms with Gasteiger partial charge in [-0.3, -0.25) is 14.3 Å². The van der Waals surface area contributed by atoms with E-state index in [-0.39, 0.29) is 12.5 Å². The van der Waals surface area contributed by atoms with Gasteiger partial charge in [0.25, 0.3) is 5.56 Å². The number of hydrogen-bond donors (Lipinski definition) is 1. The lowest BCUT2D eigenvalue weighted by Gasteiger charge is -2.32. The molecule has 0 saturated carbocycles. The van der Waals surface area contributed by atoms with Crippen LogP contribution in [0, 0.1) is 17.4 Å². The van der Waals surface area contributed by atoms with E-state index < -0.39 is 43.2 Å². The van der Waals surface area contributed by atoms with Crippen LogP contribution in [-0.4, -0.2) is 55.0 Å². The molecule has 180 valence electrons. The molecule has 1 saturated heterocycles. The fourth-order valence-electron chi connectivity index (χ4n) is 3.53. The Hall–Kier alpha value is -1.37. The predicted molar refractivity (Wildman–Crippen MR) is 130 cm³/mol. The molecule has 0 aliphatic carbocycles. The van der Waals surface area contributed by atoms with Gasteiger partial charge in [0.2, 0.25) is 0 Å². The van der Waals surface area contributed by atoms with E-state index in [9.17, 15) is 9.59 Å². The molecule has 1 aliphatic heterocycles. The zero-order valence-corrected chi connectivity index (χ0v) is 21.7. The highest BCUT2D eigenvalue weighted by molar-refractivity contribution is 6.83. The van der Waals surface area contributed by atoms with Crippen molar-refractivity contribution in [2.45, 2.75) is 77.1 Å². The van der Waals surface area contributed by atoms with Gasteiger partial charge < -0.3 is 14.2 Å². The molecule has 0 radical (unpaired) electrons. The van der Waals surface area contributed by atoms with Gasteiger partial charge in [-0.2, -0.15) is 0 Å². The van der Waals surface area contributed by atoms with E-state index in [0.717, 1.165) is 25.7 Å². The largest absolute Gasteiger partial charge is 0.378 e. The summed E-state index contributed by atoms with van der Waals surface area (Å²) >= 11 is 6.49. The molecule has 0 unspecified atom stereocenters. The Labute approximate surface area is 196 Å². The van der Waals surface area contributed by atoms with Crippen LogP contribution in [0.4, 0.5) is 0 Å². The third-order valence-corrected chi connectivity index (χ3v) is 6.60. The first-order valence-electron chi connectivity index (χ1n) is 11.4. The van der Waals surface area contributed by atoms with E-state index in [2.05, 4.69) is 49.9 Å². The van der Waals surface area contributed by atoms with Crippen molar-refractivity contribution in [2.24, 2.45) is 5.92 Å². The van der Waals surface area contributed by atoms with Crippen LogP contribution < -0.4 is 11.2 Å². The fourth-order valence-corrected chi connectivity index (χ4v) is 4.42. The van der Waals surface area contributed by atoms with Crippen molar-refractivity contribution in [3.05, 3.63) is 33.1 Å². The molecule has 9 heteroatoms. The zero-order valence-electron chi connectivity index (χ0n) is 19.9. The first-order chi connectivity index (χ1) is 15.2. The van der Waals surface area contributed by atoms with Gasteiger partial charge in [-0.15, -0.1) is 17.1 Å². The van der Waals surface area contributed by atoms with Crippen molar-refractivity contribution in [3.8, 4) is 11.5 Å². The van der Waals surface area contributed by atoms with Crippen LogP contribution in [0.25, 0.3) is 0 Å².